The molecule has 4 rings (SSSR count). The van der Waals surface area contributed by atoms with Crippen LogP contribution in [-0.2, 0) is 0 Å². The summed E-state index contributed by atoms with van der Waals surface area (Å²) in [6, 6.07) is 18.0. The molecule has 0 unspecified atom stereocenters. The number of hydrogen-bond donors (Lipinski definition) is 1. The number of nitrogens with zero attached hydrogens (tertiary/aromatic N) is 4. The molecular weight excluding hydrogens is 369 g/mol. The third-order valence-corrected chi connectivity index (χ3v) is 5.00. The Labute approximate surface area is 169 Å². The molecule has 3 aromatic rings. The van der Waals surface area contributed by atoms with Crippen molar-refractivity contribution in [3.8, 4) is 11.3 Å². The Balaban J connectivity index is 1.35. The van der Waals surface area contributed by atoms with Crippen molar-refractivity contribution < 1.29 is 9.18 Å². The molecule has 6 nitrogen and oxygen atoms in total. The molecular formula is C22H22FN5O. The van der Waals surface area contributed by atoms with Crippen LogP contribution in [-0.4, -0.2) is 47.3 Å². The molecule has 1 N–H and O–H groups in total. The highest BCUT2D eigenvalue weighted by molar-refractivity contribution is 5.89. The zero-order chi connectivity index (χ0) is 20.2. The second-order valence-electron chi connectivity index (χ2n) is 7.03. The highest BCUT2D eigenvalue weighted by Crippen LogP contribution is 2.20. The molecule has 29 heavy (non-hydrogen) atoms. The van der Waals surface area contributed by atoms with E-state index in [0.29, 0.717) is 26.2 Å². The molecule has 1 aromatic heterocycles. The minimum absolute atomic E-state index is 0.192. The van der Waals surface area contributed by atoms with E-state index in [1.807, 2.05) is 24.3 Å². The first-order valence-corrected chi connectivity index (χ1v) is 9.56. The number of amides is 2. The maximum Gasteiger partial charge on any atom is 0.322 e. The van der Waals surface area contributed by atoms with Gasteiger partial charge in [0.05, 0.1) is 11.4 Å². The number of aryl methyl sites for hydroxylation is 1. The summed E-state index contributed by atoms with van der Waals surface area (Å²) in [5, 5.41) is 11.3. The van der Waals surface area contributed by atoms with Gasteiger partial charge in [0.1, 0.15) is 5.82 Å². The monoisotopic (exact) mass is 391 g/mol. The quantitative estimate of drug-likeness (QED) is 0.735. The number of halogens is 1. The Hall–Kier alpha value is -3.48. The molecule has 1 aliphatic heterocycles. The molecule has 1 aliphatic rings. The number of hydrogen-bond acceptors (Lipinski definition) is 4. The molecule has 2 amide bonds. The topological polar surface area (TPSA) is 61.4 Å². The highest BCUT2D eigenvalue weighted by atomic mass is 19.1. The molecule has 1 saturated heterocycles. The van der Waals surface area contributed by atoms with Crippen LogP contribution < -0.4 is 10.2 Å². The smallest absolute Gasteiger partial charge is 0.322 e. The largest absolute Gasteiger partial charge is 0.352 e. The van der Waals surface area contributed by atoms with E-state index in [2.05, 4.69) is 39.5 Å². The van der Waals surface area contributed by atoms with E-state index in [1.54, 1.807) is 23.1 Å². The van der Waals surface area contributed by atoms with Crippen LogP contribution in [0.4, 0.5) is 20.7 Å². The molecule has 7 heteroatoms. The number of carbonyl (C=O) groups excluding carboxylic acids is 1. The Morgan fingerprint density at radius 1 is 0.931 bits per heavy atom. The van der Waals surface area contributed by atoms with Gasteiger partial charge in [-0.1, -0.05) is 42.0 Å². The van der Waals surface area contributed by atoms with Crippen LogP contribution in [0.15, 0.2) is 60.7 Å². The number of nitrogens with one attached hydrogen (secondary N) is 1. The molecule has 0 saturated carbocycles. The Morgan fingerprint density at radius 2 is 1.66 bits per heavy atom. The third kappa shape index (κ3) is 4.34. The zero-order valence-electron chi connectivity index (χ0n) is 16.2. The summed E-state index contributed by atoms with van der Waals surface area (Å²) < 4.78 is 13.7. The fourth-order valence-electron chi connectivity index (χ4n) is 3.27. The van der Waals surface area contributed by atoms with Crippen LogP contribution in [0, 0.1) is 12.7 Å². The average molecular weight is 391 g/mol. The second kappa shape index (κ2) is 8.26. The molecule has 0 aliphatic carbocycles. The first-order valence-electron chi connectivity index (χ1n) is 9.56. The number of para-hydroxylation sites is 1. The van der Waals surface area contributed by atoms with Crippen molar-refractivity contribution in [2.24, 2.45) is 0 Å². The Bertz CT molecular complexity index is 983. The standard InChI is InChI=1S/C22H22FN5O/c1-16-6-8-17(9-7-16)19-10-11-21(26-25-19)27-12-14-28(15-13-27)22(29)24-20-5-3-2-4-18(20)23/h2-11H,12-15H2,1H3,(H,24,29). The predicted molar refractivity (Wildman–Crippen MR) is 111 cm³/mol. The van der Waals surface area contributed by atoms with Gasteiger partial charge in [-0.15, -0.1) is 10.2 Å². The van der Waals surface area contributed by atoms with Gasteiger partial charge in [0, 0.05) is 31.7 Å². The van der Waals surface area contributed by atoms with Gasteiger partial charge in [-0.2, -0.15) is 0 Å². The summed E-state index contributed by atoms with van der Waals surface area (Å²) in [6.45, 7) is 4.39. The van der Waals surface area contributed by atoms with Gasteiger partial charge < -0.3 is 15.1 Å². The van der Waals surface area contributed by atoms with Gasteiger partial charge in [0.15, 0.2) is 5.82 Å². The molecule has 0 bridgehead atoms. The number of carbonyl (C=O) groups is 1. The van der Waals surface area contributed by atoms with Crippen molar-refractivity contribution in [1.29, 1.82) is 0 Å². The van der Waals surface area contributed by atoms with E-state index < -0.39 is 5.82 Å². The highest BCUT2D eigenvalue weighted by Gasteiger charge is 2.22. The van der Waals surface area contributed by atoms with E-state index in [-0.39, 0.29) is 11.7 Å². The van der Waals surface area contributed by atoms with Gasteiger partial charge >= 0.3 is 6.03 Å². The minimum Gasteiger partial charge on any atom is -0.352 e. The van der Waals surface area contributed by atoms with Crippen molar-refractivity contribution in [1.82, 2.24) is 15.1 Å². The first-order chi connectivity index (χ1) is 14.1. The van der Waals surface area contributed by atoms with Crippen molar-refractivity contribution in [2.75, 3.05) is 36.4 Å². The fraction of sp³-hybridized carbons (Fsp3) is 0.227. The number of urea groups is 1. The van der Waals surface area contributed by atoms with E-state index >= 15 is 0 Å². The lowest BCUT2D eigenvalue weighted by molar-refractivity contribution is 0.208. The number of rotatable bonds is 3. The summed E-state index contributed by atoms with van der Waals surface area (Å²) in [6.07, 6.45) is 0. The van der Waals surface area contributed by atoms with Gasteiger partial charge in [0.25, 0.3) is 0 Å². The maximum absolute atomic E-state index is 13.7. The summed E-state index contributed by atoms with van der Waals surface area (Å²) in [7, 11) is 0. The van der Waals surface area contributed by atoms with E-state index in [0.717, 1.165) is 17.1 Å². The average Bonchev–Trinajstić information content (AvgIpc) is 2.76. The van der Waals surface area contributed by atoms with E-state index in [1.165, 1.54) is 11.6 Å². The lowest BCUT2D eigenvalue weighted by atomic mass is 10.1. The molecule has 0 spiro atoms. The van der Waals surface area contributed by atoms with Gasteiger partial charge in [-0.25, -0.2) is 9.18 Å². The molecule has 2 aromatic carbocycles. The number of anilines is 2. The van der Waals surface area contributed by atoms with E-state index in [9.17, 15) is 9.18 Å². The first kappa shape index (κ1) is 18.9. The molecule has 2 heterocycles. The lowest BCUT2D eigenvalue weighted by Crippen LogP contribution is -2.50. The number of piperazine rings is 1. The van der Waals surface area contributed by atoms with Crippen LogP contribution in [0.2, 0.25) is 0 Å². The molecule has 1 fully saturated rings. The number of aromatic nitrogens is 2. The van der Waals surface area contributed by atoms with Crippen molar-refractivity contribution in [2.45, 2.75) is 6.92 Å². The van der Waals surface area contributed by atoms with E-state index in [4.69, 9.17) is 0 Å². The van der Waals surface area contributed by atoms with Gasteiger partial charge in [-0.3, -0.25) is 0 Å². The Morgan fingerprint density at radius 3 is 2.31 bits per heavy atom. The van der Waals surface area contributed by atoms with Crippen LogP contribution >= 0.6 is 0 Å². The minimum atomic E-state index is -0.441. The SMILES string of the molecule is Cc1ccc(-c2ccc(N3CCN(C(=O)Nc4ccccc4F)CC3)nn2)cc1. The predicted octanol–water partition coefficient (Wildman–Crippen LogP) is 3.95. The van der Waals surface area contributed by atoms with Gasteiger partial charge in [-0.05, 0) is 31.2 Å². The van der Waals surface area contributed by atoms with Crippen LogP contribution in [0.1, 0.15) is 5.56 Å². The summed E-state index contributed by atoms with van der Waals surface area (Å²) in [5.74, 6) is 0.346. The molecule has 0 radical (unpaired) electrons. The number of benzene rings is 2. The van der Waals surface area contributed by atoms with Crippen molar-refractivity contribution in [3.05, 3.63) is 72.0 Å². The van der Waals surface area contributed by atoms with Crippen molar-refractivity contribution in [3.63, 3.8) is 0 Å². The van der Waals surface area contributed by atoms with Crippen LogP contribution in [0.5, 0.6) is 0 Å². The normalized spacial score (nSPS) is 14.0. The maximum atomic E-state index is 13.7. The third-order valence-electron chi connectivity index (χ3n) is 5.00. The molecule has 0 atom stereocenters. The summed E-state index contributed by atoms with van der Waals surface area (Å²) in [5.41, 5.74) is 3.26. The summed E-state index contributed by atoms with van der Waals surface area (Å²) in [4.78, 5) is 16.2. The second-order valence-corrected chi connectivity index (χ2v) is 7.03. The lowest BCUT2D eigenvalue weighted by Gasteiger charge is -2.35. The molecule has 148 valence electrons. The fourth-order valence-corrected chi connectivity index (χ4v) is 3.27. The Kier molecular flexibility index (Phi) is 5.37. The van der Waals surface area contributed by atoms with Crippen LogP contribution in [0.3, 0.4) is 0 Å². The zero-order valence-corrected chi connectivity index (χ0v) is 16.2. The van der Waals surface area contributed by atoms with Crippen molar-refractivity contribution >= 4 is 17.5 Å². The van der Waals surface area contributed by atoms with Crippen LogP contribution in [0.25, 0.3) is 11.3 Å². The van der Waals surface area contributed by atoms with Gasteiger partial charge in [0.2, 0.25) is 0 Å². The summed E-state index contributed by atoms with van der Waals surface area (Å²) >= 11 is 0.